The summed E-state index contributed by atoms with van der Waals surface area (Å²) < 4.78 is 37.1. The minimum Gasteiger partial charge on any atom is -0.207 e. The summed E-state index contributed by atoms with van der Waals surface area (Å²) in [4.78, 5) is 0. The highest BCUT2D eigenvalue weighted by molar-refractivity contribution is 6.17. The first-order valence-corrected chi connectivity index (χ1v) is 3.38. The fourth-order valence-electron chi connectivity index (χ4n) is 0.666. The van der Waals surface area contributed by atoms with Gasteiger partial charge in [0.15, 0.2) is 11.6 Å². The Kier molecular flexibility index (Phi) is 2.39. The Morgan fingerprint density at radius 1 is 1.00 bits per heavy atom. The lowest BCUT2D eigenvalue weighted by molar-refractivity contribution is 0.492. The van der Waals surface area contributed by atoms with Gasteiger partial charge in [0.2, 0.25) is 0 Å². The summed E-state index contributed by atoms with van der Waals surface area (Å²) in [5, 5.41) is 0. The molecule has 0 radical (unpaired) electrons. The molecule has 11 heavy (non-hydrogen) atoms. The van der Waals surface area contributed by atoms with E-state index < -0.39 is 17.5 Å². The van der Waals surface area contributed by atoms with Crippen LogP contribution < -0.4 is 0 Å². The molecule has 0 nitrogen and oxygen atoms in total. The van der Waals surface area contributed by atoms with Crippen LogP contribution in [0.2, 0.25) is 0 Å². The van der Waals surface area contributed by atoms with Gasteiger partial charge in [0, 0.05) is 11.6 Å². The lowest BCUT2D eigenvalue weighted by atomic mass is 10.2. The molecule has 0 saturated heterocycles. The zero-order valence-electron chi connectivity index (χ0n) is 5.37. The second kappa shape index (κ2) is 3.13. The average molecular weight is 181 g/mol. The predicted molar refractivity (Wildman–Crippen MR) is 35.9 cm³/mol. The number of benzene rings is 1. The monoisotopic (exact) mass is 180 g/mol. The maximum Gasteiger partial charge on any atom is 0.161 e. The van der Waals surface area contributed by atoms with E-state index in [1.807, 2.05) is 0 Å². The molecule has 4 heteroatoms. The first-order chi connectivity index (χ1) is 5.15. The van der Waals surface area contributed by atoms with E-state index in [0.29, 0.717) is 6.07 Å². The summed E-state index contributed by atoms with van der Waals surface area (Å²) in [6.45, 7) is 0. The van der Waals surface area contributed by atoms with E-state index in [2.05, 4.69) is 0 Å². The van der Waals surface area contributed by atoms with E-state index in [1.54, 1.807) is 0 Å². The first-order valence-electron chi connectivity index (χ1n) is 2.84. The van der Waals surface area contributed by atoms with Crippen LogP contribution in [0.15, 0.2) is 12.1 Å². The van der Waals surface area contributed by atoms with Gasteiger partial charge in [-0.15, -0.1) is 11.6 Å². The van der Waals surface area contributed by atoms with Crippen molar-refractivity contribution in [1.82, 2.24) is 0 Å². The zero-order valence-corrected chi connectivity index (χ0v) is 6.13. The summed E-state index contributed by atoms with van der Waals surface area (Å²) in [7, 11) is 0. The van der Waals surface area contributed by atoms with Gasteiger partial charge >= 0.3 is 0 Å². The summed E-state index contributed by atoms with van der Waals surface area (Å²) >= 11 is 5.23. The molecule has 0 aliphatic heterocycles. The van der Waals surface area contributed by atoms with Gasteiger partial charge in [-0.25, -0.2) is 13.2 Å². The molecule has 60 valence electrons. The minimum atomic E-state index is -1.20. The van der Waals surface area contributed by atoms with Crippen LogP contribution in [0.25, 0.3) is 0 Å². The molecule has 0 N–H and O–H groups in total. The van der Waals surface area contributed by atoms with Crippen molar-refractivity contribution < 1.29 is 13.2 Å². The van der Waals surface area contributed by atoms with Gasteiger partial charge in [-0.1, -0.05) is 0 Å². The molecule has 0 aromatic heterocycles. The Balaban J connectivity index is 3.21. The van der Waals surface area contributed by atoms with Gasteiger partial charge in [-0.05, 0) is 6.07 Å². The Labute approximate surface area is 66.6 Å². The number of alkyl halides is 1. The maximum absolute atomic E-state index is 12.5. The van der Waals surface area contributed by atoms with Crippen LogP contribution in [0, 0.1) is 17.5 Å². The Hall–Kier alpha value is -0.700. The minimum absolute atomic E-state index is 0.0365. The molecule has 0 atom stereocenters. The van der Waals surface area contributed by atoms with E-state index in [9.17, 15) is 13.2 Å². The van der Waals surface area contributed by atoms with Crippen molar-refractivity contribution >= 4 is 11.6 Å². The SMILES string of the molecule is Fc1cc(F)c(CCl)cc1F. The van der Waals surface area contributed by atoms with Crippen molar-refractivity contribution in [2.75, 3.05) is 0 Å². The highest BCUT2D eigenvalue weighted by Gasteiger charge is 2.07. The molecular formula is C7H4ClF3. The van der Waals surface area contributed by atoms with E-state index >= 15 is 0 Å². The van der Waals surface area contributed by atoms with Gasteiger partial charge in [-0.2, -0.15) is 0 Å². The van der Waals surface area contributed by atoms with Gasteiger partial charge in [0.1, 0.15) is 5.82 Å². The molecule has 1 rings (SSSR count). The highest BCUT2D eigenvalue weighted by Crippen LogP contribution is 2.14. The lowest BCUT2D eigenvalue weighted by Crippen LogP contribution is -1.92. The standard InChI is InChI=1S/C7H4ClF3/c8-3-4-1-6(10)7(11)2-5(4)9/h1-2H,3H2. The molecule has 1 aromatic carbocycles. The van der Waals surface area contributed by atoms with Gasteiger partial charge in [-0.3, -0.25) is 0 Å². The van der Waals surface area contributed by atoms with Crippen LogP contribution in [0.5, 0.6) is 0 Å². The highest BCUT2D eigenvalue weighted by atomic mass is 35.5. The Morgan fingerprint density at radius 2 is 1.55 bits per heavy atom. The van der Waals surface area contributed by atoms with Crippen molar-refractivity contribution in [3.63, 3.8) is 0 Å². The summed E-state index contributed by atoms with van der Waals surface area (Å²) in [6, 6.07) is 1.23. The zero-order chi connectivity index (χ0) is 8.43. The van der Waals surface area contributed by atoms with Crippen molar-refractivity contribution in [1.29, 1.82) is 0 Å². The van der Waals surface area contributed by atoms with Crippen molar-refractivity contribution in [3.8, 4) is 0 Å². The normalized spacial score (nSPS) is 10.2. The molecule has 1 aromatic rings. The smallest absolute Gasteiger partial charge is 0.161 e. The summed E-state index contributed by atoms with van der Waals surface area (Å²) in [5.74, 6) is -3.26. The topological polar surface area (TPSA) is 0 Å². The predicted octanol–water partition coefficient (Wildman–Crippen LogP) is 2.84. The Bertz CT molecular complexity index is 273. The fraction of sp³-hybridized carbons (Fsp3) is 0.143. The maximum atomic E-state index is 12.5. The number of hydrogen-bond donors (Lipinski definition) is 0. The van der Waals surface area contributed by atoms with Crippen molar-refractivity contribution in [2.45, 2.75) is 5.88 Å². The first kappa shape index (κ1) is 8.40. The summed E-state index contributed by atoms with van der Waals surface area (Å²) in [5.41, 5.74) is -0.0365. The summed E-state index contributed by atoms with van der Waals surface area (Å²) in [6.07, 6.45) is 0. The molecule has 0 spiro atoms. The van der Waals surface area contributed by atoms with Gasteiger partial charge in [0.05, 0.1) is 5.88 Å². The molecule has 0 aliphatic carbocycles. The van der Waals surface area contributed by atoms with E-state index in [-0.39, 0.29) is 11.4 Å². The average Bonchev–Trinajstić information content (AvgIpc) is 1.97. The van der Waals surface area contributed by atoms with E-state index in [4.69, 9.17) is 11.6 Å². The van der Waals surface area contributed by atoms with Crippen LogP contribution in [0.3, 0.4) is 0 Å². The molecule has 0 saturated carbocycles. The molecule has 0 bridgehead atoms. The second-order valence-electron chi connectivity index (χ2n) is 1.99. The Morgan fingerprint density at radius 3 is 2.09 bits per heavy atom. The molecule has 0 heterocycles. The molecule has 0 amide bonds. The van der Waals surface area contributed by atoms with Crippen LogP contribution >= 0.6 is 11.6 Å². The van der Waals surface area contributed by atoms with Crippen LogP contribution in [-0.2, 0) is 5.88 Å². The number of rotatable bonds is 1. The molecular weight excluding hydrogens is 177 g/mol. The van der Waals surface area contributed by atoms with Crippen LogP contribution in [0.1, 0.15) is 5.56 Å². The lowest BCUT2D eigenvalue weighted by Gasteiger charge is -1.98. The third kappa shape index (κ3) is 1.66. The fourth-order valence-corrected chi connectivity index (χ4v) is 0.871. The van der Waals surface area contributed by atoms with E-state index in [1.165, 1.54) is 0 Å². The molecule has 0 aliphatic rings. The van der Waals surface area contributed by atoms with Gasteiger partial charge < -0.3 is 0 Å². The number of hydrogen-bond acceptors (Lipinski definition) is 0. The van der Waals surface area contributed by atoms with Gasteiger partial charge in [0.25, 0.3) is 0 Å². The van der Waals surface area contributed by atoms with Crippen molar-refractivity contribution in [2.24, 2.45) is 0 Å². The third-order valence-corrected chi connectivity index (χ3v) is 1.52. The van der Waals surface area contributed by atoms with E-state index in [0.717, 1.165) is 6.07 Å². The molecule has 0 fully saturated rings. The quantitative estimate of drug-likeness (QED) is 0.461. The van der Waals surface area contributed by atoms with Crippen LogP contribution in [-0.4, -0.2) is 0 Å². The second-order valence-corrected chi connectivity index (χ2v) is 2.26. The molecule has 0 unspecified atom stereocenters. The van der Waals surface area contributed by atoms with Crippen LogP contribution in [0.4, 0.5) is 13.2 Å². The number of halogens is 4. The van der Waals surface area contributed by atoms with Crippen molar-refractivity contribution in [3.05, 3.63) is 35.1 Å². The largest absolute Gasteiger partial charge is 0.207 e. The third-order valence-electron chi connectivity index (χ3n) is 1.23.